The Morgan fingerprint density at radius 3 is 2.68 bits per heavy atom. The van der Waals surface area contributed by atoms with Crippen LogP contribution < -0.4 is 5.32 Å². The third-order valence-corrected chi connectivity index (χ3v) is 2.54. The molecule has 1 rings (SSSR count). The summed E-state index contributed by atoms with van der Waals surface area (Å²) >= 11 is 0. The Morgan fingerprint density at radius 1 is 1.47 bits per heavy atom. The molecule has 1 atom stereocenters. The summed E-state index contributed by atoms with van der Waals surface area (Å²) in [6, 6.07) is 7.97. The van der Waals surface area contributed by atoms with E-state index in [2.05, 4.69) is 18.0 Å². The van der Waals surface area contributed by atoms with Gasteiger partial charge in [0.05, 0.1) is 6.04 Å². The number of benzene rings is 1. The van der Waals surface area contributed by atoms with E-state index in [1.54, 1.807) is 6.08 Å². The molecule has 0 aliphatic heterocycles. The van der Waals surface area contributed by atoms with Crippen molar-refractivity contribution in [1.82, 2.24) is 5.32 Å². The first-order valence-electron chi connectivity index (χ1n) is 6.49. The van der Waals surface area contributed by atoms with E-state index in [0.29, 0.717) is 6.42 Å². The quantitative estimate of drug-likeness (QED) is 0.827. The van der Waals surface area contributed by atoms with E-state index in [1.807, 2.05) is 45.9 Å². The standard InChI is InChI=1S/C16H23NO2/c1-6-8-14(13-10-7-9-12(2)11-13)17-15(18)19-16(3,4)5/h6-7,9-11,14H,1,8H2,2-5H3,(H,17,18). The van der Waals surface area contributed by atoms with Crippen molar-refractivity contribution in [1.29, 1.82) is 0 Å². The van der Waals surface area contributed by atoms with Gasteiger partial charge in [-0.1, -0.05) is 35.9 Å². The summed E-state index contributed by atoms with van der Waals surface area (Å²) < 4.78 is 5.28. The molecule has 1 N–H and O–H groups in total. The highest BCUT2D eigenvalue weighted by Crippen LogP contribution is 2.19. The predicted molar refractivity (Wildman–Crippen MR) is 78.1 cm³/mol. The van der Waals surface area contributed by atoms with Gasteiger partial charge in [-0.3, -0.25) is 0 Å². The van der Waals surface area contributed by atoms with Crippen LogP contribution in [-0.2, 0) is 4.74 Å². The lowest BCUT2D eigenvalue weighted by molar-refractivity contribution is 0.0504. The lowest BCUT2D eigenvalue weighted by Crippen LogP contribution is -2.34. The van der Waals surface area contributed by atoms with Crippen LogP contribution in [0.2, 0.25) is 0 Å². The first-order chi connectivity index (χ1) is 8.81. The van der Waals surface area contributed by atoms with Gasteiger partial charge in [-0.05, 0) is 39.7 Å². The maximum absolute atomic E-state index is 11.8. The second-order valence-corrected chi connectivity index (χ2v) is 5.64. The van der Waals surface area contributed by atoms with Gasteiger partial charge in [0.25, 0.3) is 0 Å². The lowest BCUT2D eigenvalue weighted by Gasteiger charge is -2.23. The molecule has 0 radical (unpaired) electrons. The Labute approximate surface area is 115 Å². The zero-order valence-electron chi connectivity index (χ0n) is 12.2. The van der Waals surface area contributed by atoms with Crippen molar-refractivity contribution in [2.24, 2.45) is 0 Å². The third kappa shape index (κ3) is 5.60. The van der Waals surface area contributed by atoms with Gasteiger partial charge in [0, 0.05) is 0 Å². The molecule has 0 aliphatic rings. The highest BCUT2D eigenvalue weighted by molar-refractivity contribution is 5.68. The van der Waals surface area contributed by atoms with Gasteiger partial charge in [0.1, 0.15) is 5.60 Å². The van der Waals surface area contributed by atoms with E-state index in [-0.39, 0.29) is 6.04 Å². The molecule has 0 heterocycles. The number of alkyl carbamates (subject to hydrolysis) is 1. The van der Waals surface area contributed by atoms with Crippen molar-refractivity contribution >= 4 is 6.09 Å². The molecule has 0 fully saturated rings. The Bertz CT molecular complexity index is 446. The Balaban J connectivity index is 2.78. The van der Waals surface area contributed by atoms with E-state index in [4.69, 9.17) is 4.74 Å². The average Bonchev–Trinajstić information content (AvgIpc) is 2.26. The fraction of sp³-hybridized carbons (Fsp3) is 0.438. The summed E-state index contributed by atoms with van der Waals surface area (Å²) in [6.07, 6.45) is 2.06. The zero-order valence-corrected chi connectivity index (χ0v) is 12.2. The molecule has 0 spiro atoms. The van der Waals surface area contributed by atoms with E-state index in [0.717, 1.165) is 11.1 Å². The van der Waals surface area contributed by atoms with Crippen LogP contribution in [0.1, 0.15) is 44.4 Å². The summed E-state index contributed by atoms with van der Waals surface area (Å²) in [5.41, 5.74) is 1.73. The number of hydrogen-bond donors (Lipinski definition) is 1. The molecular formula is C16H23NO2. The lowest BCUT2D eigenvalue weighted by atomic mass is 10.0. The predicted octanol–water partition coefficient (Wildman–Crippen LogP) is 4.14. The smallest absolute Gasteiger partial charge is 0.408 e. The number of rotatable bonds is 4. The molecule has 104 valence electrons. The first kappa shape index (κ1) is 15.3. The molecule has 1 amide bonds. The summed E-state index contributed by atoms with van der Waals surface area (Å²) in [7, 11) is 0. The topological polar surface area (TPSA) is 38.3 Å². The molecule has 19 heavy (non-hydrogen) atoms. The number of aryl methyl sites for hydroxylation is 1. The van der Waals surface area contributed by atoms with Crippen molar-refractivity contribution < 1.29 is 9.53 Å². The van der Waals surface area contributed by atoms with Crippen molar-refractivity contribution in [3.8, 4) is 0 Å². The van der Waals surface area contributed by atoms with E-state index < -0.39 is 11.7 Å². The molecule has 0 aliphatic carbocycles. The minimum Gasteiger partial charge on any atom is -0.444 e. The largest absolute Gasteiger partial charge is 0.444 e. The van der Waals surface area contributed by atoms with E-state index in [1.165, 1.54) is 0 Å². The van der Waals surface area contributed by atoms with Gasteiger partial charge in [-0.15, -0.1) is 6.58 Å². The SMILES string of the molecule is C=CCC(NC(=O)OC(C)(C)C)c1cccc(C)c1. The number of carbonyl (C=O) groups is 1. The summed E-state index contributed by atoms with van der Waals surface area (Å²) in [5.74, 6) is 0. The molecule has 1 aromatic carbocycles. The number of amides is 1. The monoisotopic (exact) mass is 261 g/mol. The highest BCUT2D eigenvalue weighted by atomic mass is 16.6. The van der Waals surface area contributed by atoms with Gasteiger partial charge in [-0.2, -0.15) is 0 Å². The molecule has 0 saturated carbocycles. The zero-order chi connectivity index (χ0) is 14.5. The van der Waals surface area contributed by atoms with Gasteiger partial charge in [0.2, 0.25) is 0 Å². The highest BCUT2D eigenvalue weighted by Gasteiger charge is 2.19. The number of nitrogens with one attached hydrogen (secondary N) is 1. The van der Waals surface area contributed by atoms with Crippen LogP contribution in [0.3, 0.4) is 0 Å². The van der Waals surface area contributed by atoms with Crippen molar-refractivity contribution in [3.63, 3.8) is 0 Å². The fourth-order valence-electron chi connectivity index (χ4n) is 1.78. The number of carbonyl (C=O) groups excluding carboxylic acids is 1. The minimum atomic E-state index is -0.491. The van der Waals surface area contributed by atoms with Crippen molar-refractivity contribution in [3.05, 3.63) is 48.0 Å². The number of ether oxygens (including phenoxy) is 1. The maximum Gasteiger partial charge on any atom is 0.408 e. The van der Waals surface area contributed by atoms with E-state index >= 15 is 0 Å². The van der Waals surface area contributed by atoms with Crippen LogP contribution in [0.15, 0.2) is 36.9 Å². The maximum atomic E-state index is 11.8. The van der Waals surface area contributed by atoms with Crippen LogP contribution in [0, 0.1) is 6.92 Å². The van der Waals surface area contributed by atoms with Gasteiger partial charge in [0.15, 0.2) is 0 Å². The second-order valence-electron chi connectivity index (χ2n) is 5.64. The molecule has 0 saturated heterocycles. The summed E-state index contributed by atoms with van der Waals surface area (Å²) in [4.78, 5) is 11.8. The average molecular weight is 261 g/mol. The third-order valence-electron chi connectivity index (χ3n) is 2.54. The van der Waals surface area contributed by atoms with Crippen molar-refractivity contribution in [2.75, 3.05) is 0 Å². The molecule has 1 unspecified atom stereocenters. The van der Waals surface area contributed by atoms with Crippen molar-refractivity contribution in [2.45, 2.75) is 45.8 Å². The van der Waals surface area contributed by atoms with Crippen LogP contribution in [0.25, 0.3) is 0 Å². The normalized spacial score (nSPS) is 12.6. The molecular weight excluding hydrogens is 238 g/mol. The van der Waals surface area contributed by atoms with Gasteiger partial charge >= 0.3 is 6.09 Å². The van der Waals surface area contributed by atoms with Crippen LogP contribution in [0.5, 0.6) is 0 Å². The Morgan fingerprint density at radius 2 is 2.16 bits per heavy atom. The van der Waals surface area contributed by atoms with Gasteiger partial charge in [-0.25, -0.2) is 4.79 Å². The van der Waals surface area contributed by atoms with Gasteiger partial charge < -0.3 is 10.1 Å². The van der Waals surface area contributed by atoms with Crippen LogP contribution >= 0.6 is 0 Å². The van der Waals surface area contributed by atoms with Crippen LogP contribution in [0.4, 0.5) is 4.79 Å². The summed E-state index contributed by atoms with van der Waals surface area (Å²) in [6.45, 7) is 11.3. The number of hydrogen-bond acceptors (Lipinski definition) is 2. The molecule has 0 aromatic heterocycles. The minimum absolute atomic E-state index is 0.104. The van der Waals surface area contributed by atoms with Crippen LogP contribution in [-0.4, -0.2) is 11.7 Å². The Hall–Kier alpha value is -1.77. The van der Waals surface area contributed by atoms with E-state index in [9.17, 15) is 4.79 Å². The molecule has 3 heteroatoms. The molecule has 1 aromatic rings. The molecule has 3 nitrogen and oxygen atoms in total. The Kier molecular flexibility index (Phi) is 5.16. The first-order valence-corrected chi connectivity index (χ1v) is 6.49. The fourth-order valence-corrected chi connectivity index (χ4v) is 1.78. The summed E-state index contributed by atoms with van der Waals surface area (Å²) in [5, 5.41) is 2.89. The second kappa shape index (κ2) is 6.41. The molecule has 0 bridgehead atoms.